The zero-order valence-electron chi connectivity index (χ0n) is 12.8. The lowest BCUT2D eigenvalue weighted by atomic mass is 10.1. The molecule has 3 aromatic heterocycles. The summed E-state index contributed by atoms with van der Waals surface area (Å²) in [6, 6.07) is 16.7. The average molecular weight is 346 g/mol. The third kappa shape index (κ3) is 2.11. The maximum absolute atomic E-state index is 12.4. The van der Waals surface area contributed by atoms with Crippen molar-refractivity contribution < 1.29 is 4.42 Å². The van der Waals surface area contributed by atoms with E-state index in [9.17, 15) is 9.59 Å². The smallest absolute Gasteiger partial charge is 0.347 e. The number of nitrogens with one attached hydrogen (secondary N) is 1. The minimum atomic E-state index is -0.516. The van der Waals surface area contributed by atoms with E-state index in [1.165, 1.54) is 11.3 Å². The van der Waals surface area contributed by atoms with Gasteiger partial charge in [0, 0.05) is 10.8 Å². The Morgan fingerprint density at radius 1 is 0.920 bits per heavy atom. The zero-order valence-corrected chi connectivity index (χ0v) is 13.6. The van der Waals surface area contributed by atoms with Crippen molar-refractivity contribution in [2.75, 3.05) is 0 Å². The fraction of sp³-hybridized carbons (Fsp3) is 0. The molecular weight excluding hydrogens is 336 g/mol. The number of hydrogen-bond acceptors (Lipinski definition) is 5. The van der Waals surface area contributed by atoms with Crippen molar-refractivity contribution in [3.63, 3.8) is 0 Å². The monoisotopic (exact) mass is 346 g/mol. The molecule has 0 bridgehead atoms. The zero-order chi connectivity index (χ0) is 17.0. The Morgan fingerprint density at radius 3 is 2.52 bits per heavy atom. The van der Waals surface area contributed by atoms with Gasteiger partial charge in [-0.3, -0.25) is 9.78 Å². The van der Waals surface area contributed by atoms with Crippen molar-refractivity contribution in [1.82, 2.24) is 9.97 Å². The molecule has 0 aliphatic rings. The molecule has 2 aromatic carbocycles. The summed E-state index contributed by atoms with van der Waals surface area (Å²) in [5.41, 5.74) is 0.620. The van der Waals surface area contributed by atoms with Crippen LogP contribution in [0.2, 0.25) is 0 Å². The average Bonchev–Trinajstić information content (AvgIpc) is 3.05. The van der Waals surface area contributed by atoms with Crippen molar-refractivity contribution in [3.05, 3.63) is 75.4 Å². The Labute approximate surface area is 144 Å². The van der Waals surface area contributed by atoms with Crippen LogP contribution in [0.1, 0.15) is 0 Å². The van der Waals surface area contributed by atoms with E-state index in [0.717, 1.165) is 15.6 Å². The molecule has 0 saturated heterocycles. The molecule has 6 heteroatoms. The minimum absolute atomic E-state index is 0.179. The predicted molar refractivity (Wildman–Crippen MR) is 99.2 cm³/mol. The highest BCUT2D eigenvalue weighted by molar-refractivity contribution is 7.21. The van der Waals surface area contributed by atoms with Crippen molar-refractivity contribution in [3.8, 4) is 10.6 Å². The molecule has 0 spiro atoms. The van der Waals surface area contributed by atoms with E-state index in [1.54, 1.807) is 18.2 Å². The first-order chi connectivity index (χ1) is 12.2. The number of H-pyrrole nitrogens is 1. The molecule has 25 heavy (non-hydrogen) atoms. The van der Waals surface area contributed by atoms with Gasteiger partial charge in [0.2, 0.25) is 5.71 Å². The number of thiazole rings is 1. The van der Waals surface area contributed by atoms with Gasteiger partial charge in [-0.15, -0.1) is 11.3 Å². The Hall–Kier alpha value is -3.25. The molecule has 5 rings (SSSR count). The molecule has 3 heterocycles. The van der Waals surface area contributed by atoms with E-state index in [0.29, 0.717) is 21.3 Å². The Balaban J connectivity index is 1.89. The molecule has 5 aromatic rings. The molecule has 0 radical (unpaired) electrons. The molecule has 0 amide bonds. The largest absolute Gasteiger partial charge is 0.405 e. The Bertz CT molecular complexity index is 1360. The van der Waals surface area contributed by atoms with Crippen LogP contribution < -0.4 is 11.2 Å². The van der Waals surface area contributed by atoms with E-state index in [1.807, 2.05) is 36.4 Å². The Morgan fingerprint density at radius 2 is 1.68 bits per heavy atom. The van der Waals surface area contributed by atoms with Crippen LogP contribution in [0.5, 0.6) is 0 Å². The van der Waals surface area contributed by atoms with Crippen LogP contribution in [0.4, 0.5) is 0 Å². The molecule has 1 N–H and O–H groups in total. The lowest BCUT2D eigenvalue weighted by Gasteiger charge is -2.03. The van der Waals surface area contributed by atoms with Gasteiger partial charge in [-0.2, -0.15) is 0 Å². The normalized spacial score (nSPS) is 11.5. The highest BCUT2D eigenvalue weighted by Crippen LogP contribution is 2.30. The number of benzene rings is 2. The summed E-state index contributed by atoms with van der Waals surface area (Å²) in [6.07, 6.45) is 0. The van der Waals surface area contributed by atoms with Gasteiger partial charge in [-0.25, -0.2) is 9.78 Å². The lowest BCUT2D eigenvalue weighted by molar-refractivity contribution is 0.551. The van der Waals surface area contributed by atoms with Crippen LogP contribution >= 0.6 is 11.3 Å². The van der Waals surface area contributed by atoms with Crippen molar-refractivity contribution in [1.29, 1.82) is 0 Å². The van der Waals surface area contributed by atoms with E-state index in [2.05, 4.69) is 9.97 Å². The van der Waals surface area contributed by atoms with Crippen LogP contribution in [0, 0.1) is 0 Å². The van der Waals surface area contributed by atoms with E-state index < -0.39 is 5.63 Å². The summed E-state index contributed by atoms with van der Waals surface area (Å²) in [5, 5.41) is 2.59. The second kappa shape index (κ2) is 5.12. The summed E-state index contributed by atoms with van der Waals surface area (Å²) >= 11 is 1.44. The van der Waals surface area contributed by atoms with Crippen LogP contribution in [0.15, 0.2) is 68.6 Å². The molecule has 5 nitrogen and oxygen atoms in total. The number of pyridine rings is 1. The second-order valence-electron chi connectivity index (χ2n) is 5.68. The van der Waals surface area contributed by atoms with Gasteiger partial charge in [-0.05, 0) is 29.7 Å². The fourth-order valence-corrected chi connectivity index (χ4v) is 3.96. The molecule has 0 saturated carbocycles. The van der Waals surface area contributed by atoms with Crippen molar-refractivity contribution in [2.45, 2.75) is 0 Å². The van der Waals surface area contributed by atoms with Gasteiger partial charge < -0.3 is 4.42 Å². The van der Waals surface area contributed by atoms with Crippen molar-refractivity contribution >= 4 is 43.4 Å². The van der Waals surface area contributed by atoms with Crippen LogP contribution in [-0.4, -0.2) is 9.97 Å². The summed E-state index contributed by atoms with van der Waals surface area (Å²) in [6.45, 7) is 0. The van der Waals surface area contributed by atoms with Gasteiger partial charge in [0.15, 0.2) is 0 Å². The number of nitrogens with zero attached hydrogens (tertiary/aromatic N) is 1. The highest BCUT2D eigenvalue weighted by atomic mass is 32.1. The molecule has 0 aliphatic carbocycles. The summed E-state index contributed by atoms with van der Waals surface area (Å²) in [4.78, 5) is 31.8. The summed E-state index contributed by atoms with van der Waals surface area (Å²) in [7, 11) is 0. The Kier molecular flexibility index (Phi) is 2.89. The van der Waals surface area contributed by atoms with Gasteiger partial charge in [0.05, 0.1) is 15.8 Å². The molecule has 0 aliphatic heterocycles. The quantitative estimate of drug-likeness (QED) is 0.467. The fourth-order valence-electron chi connectivity index (χ4n) is 2.99. The third-order valence-corrected chi connectivity index (χ3v) is 5.23. The first-order valence-corrected chi connectivity index (χ1v) is 8.47. The molecule has 0 fully saturated rings. The number of aromatic amines is 1. The summed E-state index contributed by atoms with van der Waals surface area (Å²) in [5.74, 6) is 0. The van der Waals surface area contributed by atoms with Crippen molar-refractivity contribution in [2.24, 2.45) is 0 Å². The summed E-state index contributed by atoms with van der Waals surface area (Å²) < 4.78 is 6.39. The van der Waals surface area contributed by atoms with Gasteiger partial charge in [0.25, 0.3) is 5.56 Å². The maximum Gasteiger partial charge on any atom is 0.347 e. The van der Waals surface area contributed by atoms with Crippen LogP contribution in [0.3, 0.4) is 0 Å². The maximum atomic E-state index is 12.4. The number of rotatable bonds is 1. The number of hydrogen-bond donors (Lipinski definition) is 1. The van der Waals surface area contributed by atoms with Gasteiger partial charge >= 0.3 is 5.63 Å². The van der Waals surface area contributed by atoms with Gasteiger partial charge in [-0.1, -0.05) is 30.3 Å². The minimum Gasteiger partial charge on any atom is -0.405 e. The van der Waals surface area contributed by atoms with E-state index in [4.69, 9.17) is 4.42 Å². The number of aromatic nitrogens is 2. The van der Waals surface area contributed by atoms with Gasteiger partial charge in [0.1, 0.15) is 5.01 Å². The third-order valence-electron chi connectivity index (χ3n) is 4.16. The second-order valence-corrected chi connectivity index (χ2v) is 6.71. The van der Waals surface area contributed by atoms with E-state index in [-0.39, 0.29) is 11.3 Å². The van der Waals surface area contributed by atoms with Crippen LogP contribution in [0.25, 0.3) is 42.7 Å². The first kappa shape index (κ1) is 14.1. The van der Waals surface area contributed by atoms with Crippen LogP contribution in [-0.2, 0) is 0 Å². The molecule has 120 valence electrons. The molecule has 0 atom stereocenters. The predicted octanol–water partition coefficient (Wildman–Crippen LogP) is 3.91. The highest BCUT2D eigenvalue weighted by Gasteiger charge is 2.15. The lowest BCUT2D eigenvalue weighted by Crippen LogP contribution is -2.10. The standard InChI is InChI=1S/C19H10N2O3S/c22-16-11-6-2-1-5-10(11)12-9-13(19(23)24-17(12)21-16)18-20-14-7-3-4-8-15(14)25-18/h1-9H,(H,21,22). The number of para-hydroxylation sites is 1. The number of fused-ring (bicyclic) bond motifs is 4. The first-order valence-electron chi connectivity index (χ1n) is 7.65. The molecular formula is C19H10N2O3S. The molecule has 0 unspecified atom stereocenters. The van der Waals surface area contributed by atoms with E-state index >= 15 is 0 Å². The topological polar surface area (TPSA) is 76.0 Å². The SMILES string of the molecule is O=c1oc2[nH]c(=O)c3ccccc3c2cc1-c1nc2ccccc2s1.